The highest BCUT2D eigenvalue weighted by atomic mass is 35.5. The van der Waals surface area contributed by atoms with Crippen molar-refractivity contribution in [2.75, 3.05) is 34.9 Å². The van der Waals surface area contributed by atoms with Gasteiger partial charge in [-0.2, -0.15) is 0 Å². The Labute approximate surface area is 104 Å². The molecule has 1 aromatic rings. The Balaban J connectivity index is 0.00000225. The number of hydrogen-bond donors (Lipinski definition) is 0. The van der Waals surface area contributed by atoms with Gasteiger partial charge in [-0.05, 0) is 44.3 Å². The Hall–Kier alpha value is -0.930. The van der Waals surface area contributed by atoms with E-state index in [1.807, 2.05) is 18.2 Å². The maximum absolute atomic E-state index is 5.30. The van der Waals surface area contributed by atoms with E-state index >= 15 is 0 Å². The van der Waals surface area contributed by atoms with Gasteiger partial charge in [-0.15, -0.1) is 12.4 Å². The van der Waals surface area contributed by atoms with Crippen LogP contribution in [0.5, 0.6) is 11.5 Å². The van der Waals surface area contributed by atoms with Crippen LogP contribution in [0.4, 0.5) is 0 Å². The van der Waals surface area contributed by atoms with E-state index < -0.39 is 0 Å². The highest BCUT2D eigenvalue weighted by Crippen LogP contribution is 2.24. The van der Waals surface area contributed by atoms with Crippen LogP contribution < -0.4 is 9.47 Å². The van der Waals surface area contributed by atoms with Crippen molar-refractivity contribution in [2.45, 2.75) is 6.42 Å². The first-order valence-corrected chi connectivity index (χ1v) is 5.03. The van der Waals surface area contributed by atoms with Gasteiger partial charge in [0.15, 0.2) is 0 Å². The maximum atomic E-state index is 5.30. The van der Waals surface area contributed by atoms with Gasteiger partial charge in [-0.25, -0.2) is 0 Å². The summed E-state index contributed by atoms with van der Waals surface area (Å²) in [6.07, 6.45) is 0.966. The molecule has 0 aliphatic rings. The second kappa shape index (κ2) is 7.36. The smallest absolute Gasteiger partial charge is 0.122 e. The van der Waals surface area contributed by atoms with Crippen molar-refractivity contribution in [1.82, 2.24) is 4.90 Å². The second-order valence-electron chi connectivity index (χ2n) is 3.73. The molecular weight excluding hydrogens is 226 g/mol. The minimum atomic E-state index is 0. The molecular formula is C12H20ClNO2. The third-order valence-corrected chi connectivity index (χ3v) is 2.32. The molecule has 0 N–H and O–H groups in total. The third kappa shape index (κ3) is 4.29. The number of nitrogens with zero attached hydrogens (tertiary/aromatic N) is 1. The largest absolute Gasteiger partial charge is 0.497 e. The molecule has 16 heavy (non-hydrogen) atoms. The van der Waals surface area contributed by atoms with Gasteiger partial charge in [0, 0.05) is 6.54 Å². The standard InChI is InChI=1S/C12H19NO2.ClH/c1-13(2)8-7-10-9-11(14-3)5-6-12(10)15-4;/h5-6,9H,7-8H2,1-4H3;1H. The maximum Gasteiger partial charge on any atom is 0.122 e. The Kier molecular flexibility index (Phi) is 6.93. The van der Waals surface area contributed by atoms with Crippen LogP contribution in [0.1, 0.15) is 5.56 Å². The Morgan fingerprint density at radius 1 is 1.12 bits per heavy atom. The molecule has 1 rings (SSSR count). The van der Waals surface area contributed by atoms with E-state index in [1.54, 1.807) is 14.2 Å². The molecule has 0 aliphatic carbocycles. The SMILES string of the molecule is COc1ccc(OC)c(CCN(C)C)c1.Cl. The molecule has 3 nitrogen and oxygen atoms in total. The molecule has 1 aromatic carbocycles. The Bertz CT molecular complexity index is 316. The lowest BCUT2D eigenvalue weighted by atomic mass is 10.1. The predicted octanol–water partition coefficient (Wildman–Crippen LogP) is 2.23. The van der Waals surface area contributed by atoms with Gasteiger partial charge in [-0.3, -0.25) is 0 Å². The lowest BCUT2D eigenvalue weighted by Crippen LogP contribution is -2.15. The fourth-order valence-corrected chi connectivity index (χ4v) is 1.42. The molecule has 0 radical (unpaired) electrons. The van der Waals surface area contributed by atoms with Crippen LogP contribution in [0.15, 0.2) is 18.2 Å². The van der Waals surface area contributed by atoms with Crippen molar-refractivity contribution in [3.8, 4) is 11.5 Å². The first kappa shape index (κ1) is 15.1. The molecule has 0 aliphatic heterocycles. The summed E-state index contributed by atoms with van der Waals surface area (Å²) in [4.78, 5) is 2.15. The van der Waals surface area contributed by atoms with Crippen molar-refractivity contribution in [3.63, 3.8) is 0 Å². The first-order chi connectivity index (χ1) is 7.17. The van der Waals surface area contributed by atoms with Crippen LogP contribution >= 0.6 is 12.4 Å². The molecule has 0 fully saturated rings. The molecule has 0 unspecified atom stereocenters. The molecule has 4 heteroatoms. The number of rotatable bonds is 5. The van der Waals surface area contributed by atoms with Gasteiger partial charge < -0.3 is 14.4 Å². The van der Waals surface area contributed by atoms with E-state index in [2.05, 4.69) is 19.0 Å². The highest BCUT2D eigenvalue weighted by Gasteiger charge is 2.05. The minimum Gasteiger partial charge on any atom is -0.497 e. The van der Waals surface area contributed by atoms with E-state index in [0.717, 1.165) is 24.5 Å². The van der Waals surface area contributed by atoms with Crippen LogP contribution in [0, 0.1) is 0 Å². The quantitative estimate of drug-likeness (QED) is 0.794. The van der Waals surface area contributed by atoms with E-state index in [9.17, 15) is 0 Å². The van der Waals surface area contributed by atoms with Gasteiger partial charge in [0.2, 0.25) is 0 Å². The number of likely N-dealkylation sites (N-methyl/N-ethyl adjacent to an activating group) is 1. The number of halogens is 1. The normalized spacial score (nSPS) is 9.81. The van der Waals surface area contributed by atoms with Crippen molar-refractivity contribution in [2.24, 2.45) is 0 Å². The first-order valence-electron chi connectivity index (χ1n) is 5.03. The molecule has 92 valence electrons. The van der Waals surface area contributed by atoms with Crippen LogP contribution in [-0.4, -0.2) is 39.8 Å². The summed E-state index contributed by atoms with van der Waals surface area (Å²) < 4.78 is 10.5. The molecule has 0 bridgehead atoms. The van der Waals surface area contributed by atoms with Crippen molar-refractivity contribution in [3.05, 3.63) is 23.8 Å². The zero-order valence-electron chi connectivity index (χ0n) is 10.3. The summed E-state index contributed by atoms with van der Waals surface area (Å²) in [5, 5.41) is 0. The summed E-state index contributed by atoms with van der Waals surface area (Å²) in [5.74, 6) is 1.81. The molecule has 0 saturated heterocycles. The van der Waals surface area contributed by atoms with Crippen LogP contribution in [0.2, 0.25) is 0 Å². The number of methoxy groups -OCH3 is 2. The summed E-state index contributed by atoms with van der Waals surface area (Å²) in [6, 6.07) is 5.89. The lowest BCUT2D eigenvalue weighted by Gasteiger charge is -2.13. The summed E-state index contributed by atoms with van der Waals surface area (Å²) in [6.45, 7) is 1.00. The van der Waals surface area contributed by atoms with E-state index in [-0.39, 0.29) is 12.4 Å². The average molecular weight is 246 g/mol. The zero-order chi connectivity index (χ0) is 11.3. The van der Waals surface area contributed by atoms with Crippen LogP contribution in [0.3, 0.4) is 0 Å². The van der Waals surface area contributed by atoms with Gasteiger partial charge in [0.25, 0.3) is 0 Å². The van der Waals surface area contributed by atoms with Gasteiger partial charge in [-0.1, -0.05) is 0 Å². The molecule has 0 amide bonds. The number of hydrogen-bond acceptors (Lipinski definition) is 3. The van der Waals surface area contributed by atoms with Crippen LogP contribution in [-0.2, 0) is 6.42 Å². The second-order valence-corrected chi connectivity index (χ2v) is 3.73. The van der Waals surface area contributed by atoms with Gasteiger partial charge >= 0.3 is 0 Å². The molecule has 0 heterocycles. The molecule has 0 spiro atoms. The van der Waals surface area contributed by atoms with E-state index in [0.29, 0.717) is 0 Å². The fraction of sp³-hybridized carbons (Fsp3) is 0.500. The minimum absolute atomic E-state index is 0. The average Bonchev–Trinajstić information content (AvgIpc) is 2.25. The van der Waals surface area contributed by atoms with E-state index in [4.69, 9.17) is 9.47 Å². The third-order valence-electron chi connectivity index (χ3n) is 2.32. The number of benzene rings is 1. The zero-order valence-corrected chi connectivity index (χ0v) is 11.1. The van der Waals surface area contributed by atoms with Gasteiger partial charge in [0.1, 0.15) is 11.5 Å². The highest BCUT2D eigenvalue weighted by molar-refractivity contribution is 5.85. The van der Waals surface area contributed by atoms with Crippen LogP contribution in [0.25, 0.3) is 0 Å². The Morgan fingerprint density at radius 3 is 2.31 bits per heavy atom. The fourth-order valence-electron chi connectivity index (χ4n) is 1.42. The monoisotopic (exact) mass is 245 g/mol. The van der Waals surface area contributed by atoms with Crippen molar-refractivity contribution in [1.29, 1.82) is 0 Å². The summed E-state index contributed by atoms with van der Waals surface area (Å²) >= 11 is 0. The molecule has 0 aromatic heterocycles. The summed E-state index contributed by atoms with van der Waals surface area (Å²) in [5.41, 5.74) is 1.19. The molecule has 0 atom stereocenters. The molecule has 0 saturated carbocycles. The van der Waals surface area contributed by atoms with Gasteiger partial charge in [0.05, 0.1) is 14.2 Å². The topological polar surface area (TPSA) is 21.7 Å². The number of ether oxygens (including phenoxy) is 2. The van der Waals surface area contributed by atoms with Crippen molar-refractivity contribution >= 4 is 12.4 Å². The summed E-state index contributed by atoms with van der Waals surface area (Å²) in [7, 11) is 7.50. The van der Waals surface area contributed by atoms with Crippen molar-refractivity contribution < 1.29 is 9.47 Å². The Morgan fingerprint density at radius 2 is 1.81 bits per heavy atom. The van der Waals surface area contributed by atoms with E-state index in [1.165, 1.54) is 5.56 Å². The lowest BCUT2D eigenvalue weighted by molar-refractivity contribution is 0.386. The predicted molar refractivity (Wildman–Crippen MR) is 69.1 cm³/mol.